The number of nitrogens with one attached hydrogen (secondary N) is 2. The summed E-state index contributed by atoms with van der Waals surface area (Å²) in [6, 6.07) is -0.210. The lowest BCUT2D eigenvalue weighted by Gasteiger charge is -2.34. The van der Waals surface area contributed by atoms with Crippen LogP contribution in [0.1, 0.15) is 48.5 Å². The molecule has 0 spiro atoms. The Morgan fingerprint density at radius 1 is 1.30 bits per heavy atom. The van der Waals surface area contributed by atoms with E-state index in [9.17, 15) is 4.79 Å². The largest absolute Gasteiger partial charge is 0.444 e. The van der Waals surface area contributed by atoms with Crippen LogP contribution in [0.3, 0.4) is 0 Å². The second kappa shape index (κ2) is 11.3. The molecule has 8 nitrogen and oxygen atoms in total. The standard InChI is InChI=1S/C18H36N4O4.HI/c1-9-19-15(20-10-11-24-8)21-12-14-13(2)25-18(6,7)22(14)16(23)26-17(3,4)5;/h13-14H,9-12H2,1-8H3,(H2,19,20,21);1H. The lowest BCUT2D eigenvalue weighted by Crippen LogP contribution is -2.51. The van der Waals surface area contributed by atoms with Crippen LogP contribution in [0.15, 0.2) is 4.99 Å². The van der Waals surface area contributed by atoms with Gasteiger partial charge in [0.1, 0.15) is 11.3 Å². The Morgan fingerprint density at radius 3 is 2.44 bits per heavy atom. The molecule has 27 heavy (non-hydrogen) atoms. The van der Waals surface area contributed by atoms with Gasteiger partial charge in [-0.15, -0.1) is 24.0 Å². The Kier molecular flexibility index (Phi) is 10.9. The first-order valence-corrected chi connectivity index (χ1v) is 9.23. The molecule has 1 saturated heterocycles. The van der Waals surface area contributed by atoms with E-state index in [1.165, 1.54) is 0 Å². The second-order valence-electron chi connectivity index (χ2n) is 7.83. The van der Waals surface area contributed by atoms with Crippen molar-refractivity contribution >= 4 is 36.0 Å². The number of aliphatic imine (C=N–C) groups is 1. The van der Waals surface area contributed by atoms with Crippen LogP contribution in [0.4, 0.5) is 4.79 Å². The summed E-state index contributed by atoms with van der Waals surface area (Å²) in [5.74, 6) is 0.686. The number of halogens is 1. The van der Waals surface area contributed by atoms with Gasteiger partial charge in [0.2, 0.25) is 0 Å². The van der Waals surface area contributed by atoms with Crippen molar-refractivity contribution in [3.8, 4) is 0 Å². The average molecular weight is 500 g/mol. The molecule has 1 amide bonds. The SMILES string of the molecule is CCNC(=NCC1C(C)OC(C)(C)N1C(=O)OC(C)(C)C)NCCOC.I. The van der Waals surface area contributed by atoms with Gasteiger partial charge in [0.15, 0.2) is 5.96 Å². The van der Waals surface area contributed by atoms with Gasteiger partial charge in [-0.05, 0) is 48.5 Å². The molecule has 0 aliphatic carbocycles. The maximum Gasteiger partial charge on any atom is 0.412 e. The van der Waals surface area contributed by atoms with Crippen molar-refractivity contribution in [1.82, 2.24) is 15.5 Å². The van der Waals surface area contributed by atoms with E-state index in [2.05, 4.69) is 15.6 Å². The zero-order chi connectivity index (χ0) is 20.0. The third-order valence-corrected chi connectivity index (χ3v) is 3.90. The summed E-state index contributed by atoms with van der Waals surface area (Å²) in [5.41, 5.74) is -1.31. The van der Waals surface area contributed by atoms with Crippen molar-refractivity contribution in [2.24, 2.45) is 4.99 Å². The number of rotatable bonds is 6. The Labute approximate surface area is 180 Å². The second-order valence-corrected chi connectivity index (χ2v) is 7.83. The number of methoxy groups -OCH3 is 1. The van der Waals surface area contributed by atoms with Crippen molar-refractivity contribution in [2.45, 2.75) is 71.9 Å². The van der Waals surface area contributed by atoms with E-state index >= 15 is 0 Å². The Balaban J connectivity index is 0.00000676. The molecule has 0 radical (unpaired) electrons. The fourth-order valence-electron chi connectivity index (χ4n) is 2.89. The molecular formula is C18H37IN4O4. The lowest BCUT2D eigenvalue weighted by molar-refractivity contribution is -0.0755. The predicted octanol–water partition coefficient (Wildman–Crippen LogP) is 2.57. The first kappa shape index (κ1) is 26.2. The van der Waals surface area contributed by atoms with Crippen LogP contribution >= 0.6 is 24.0 Å². The molecule has 2 N–H and O–H groups in total. The third-order valence-electron chi connectivity index (χ3n) is 3.90. The summed E-state index contributed by atoms with van der Waals surface area (Å²) < 4.78 is 16.6. The molecule has 0 bridgehead atoms. The Hall–Kier alpha value is -0.810. The monoisotopic (exact) mass is 500 g/mol. The summed E-state index contributed by atoms with van der Waals surface area (Å²) in [6.45, 7) is 15.7. The van der Waals surface area contributed by atoms with Gasteiger partial charge in [0.05, 0.1) is 25.3 Å². The van der Waals surface area contributed by atoms with Crippen LogP contribution in [0.2, 0.25) is 0 Å². The zero-order valence-electron chi connectivity index (χ0n) is 17.9. The molecule has 9 heteroatoms. The highest BCUT2D eigenvalue weighted by atomic mass is 127. The minimum Gasteiger partial charge on any atom is -0.444 e. The third kappa shape index (κ3) is 8.39. The molecule has 0 aromatic rings. The maximum absolute atomic E-state index is 12.7. The van der Waals surface area contributed by atoms with E-state index in [1.54, 1.807) is 12.0 Å². The van der Waals surface area contributed by atoms with Crippen LogP contribution < -0.4 is 10.6 Å². The number of hydrogen-bond donors (Lipinski definition) is 2. The molecular weight excluding hydrogens is 463 g/mol. The number of nitrogens with zero attached hydrogens (tertiary/aromatic N) is 2. The first-order chi connectivity index (χ1) is 12.0. The van der Waals surface area contributed by atoms with Crippen molar-refractivity contribution in [3.63, 3.8) is 0 Å². The van der Waals surface area contributed by atoms with Crippen molar-refractivity contribution in [1.29, 1.82) is 0 Å². The molecule has 0 aromatic heterocycles. The van der Waals surface area contributed by atoms with Gasteiger partial charge in [-0.25, -0.2) is 4.79 Å². The molecule has 2 unspecified atom stereocenters. The highest BCUT2D eigenvalue weighted by Crippen LogP contribution is 2.33. The molecule has 1 fully saturated rings. The Morgan fingerprint density at radius 2 is 1.93 bits per heavy atom. The van der Waals surface area contributed by atoms with Gasteiger partial charge in [0.25, 0.3) is 0 Å². The first-order valence-electron chi connectivity index (χ1n) is 9.23. The Bertz CT molecular complexity index is 494. The average Bonchev–Trinajstić information content (AvgIpc) is 2.71. The number of guanidine groups is 1. The predicted molar refractivity (Wildman–Crippen MR) is 118 cm³/mol. The zero-order valence-corrected chi connectivity index (χ0v) is 20.2. The number of carbonyl (C=O) groups is 1. The normalized spacial score (nSPS) is 22.2. The number of ether oxygens (including phenoxy) is 3. The van der Waals surface area contributed by atoms with E-state index in [0.29, 0.717) is 25.7 Å². The summed E-state index contributed by atoms with van der Waals surface area (Å²) in [5, 5.41) is 6.39. The fraction of sp³-hybridized carbons (Fsp3) is 0.889. The molecule has 2 atom stereocenters. The summed E-state index contributed by atoms with van der Waals surface area (Å²) in [7, 11) is 1.66. The smallest absolute Gasteiger partial charge is 0.412 e. The van der Waals surface area contributed by atoms with E-state index < -0.39 is 11.3 Å². The van der Waals surface area contributed by atoms with Gasteiger partial charge in [-0.2, -0.15) is 0 Å². The highest BCUT2D eigenvalue weighted by Gasteiger charge is 2.49. The fourth-order valence-corrected chi connectivity index (χ4v) is 2.89. The van der Waals surface area contributed by atoms with E-state index in [-0.39, 0.29) is 42.2 Å². The molecule has 1 aliphatic heterocycles. The minimum atomic E-state index is -0.746. The van der Waals surface area contributed by atoms with Crippen molar-refractivity contribution in [2.75, 3.05) is 33.4 Å². The van der Waals surface area contributed by atoms with Gasteiger partial charge in [-0.1, -0.05) is 0 Å². The molecule has 1 heterocycles. The van der Waals surface area contributed by atoms with Crippen LogP contribution in [0.5, 0.6) is 0 Å². The molecule has 0 aromatic carbocycles. The molecule has 0 saturated carbocycles. The van der Waals surface area contributed by atoms with Crippen molar-refractivity contribution < 1.29 is 19.0 Å². The highest BCUT2D eigenvalue weighted by molar-refractivity contribution is 14.0. The van der Waals surface area contributed by atoms with Gasteiger partial charge < -0.3 is 24.8 Å². The minimum absolute atomic E-state index is 0. The summed E-state index contributed by atoms with van der Waals surface area (Å²) in [4.78, 5) is 19.0. The summed E-state index contributed by atoms with van der Waals surface area (Å²) >= 11 is 0. The summed E-state index contributed by atoms with van der Waals surface area (Å²) in [6.07, 6.45) is -0.535. The van der Waals surface area contributed by atoms with Gasteiger partial charge >= 0.3 is 6.09 Å². The number of amides is 1. The number of carbonyl (C=O) groups excluding carboxylic acids is 1. The van der Waals surface area contributed by atoms with Gasteiger partial charge in [-0.3, -0.25) is 9.89 Å². The topological polar surface area (TPSA) is 84.4 Å². The quantitative estimate of drug-likeness (QED) is 0.253. The molecule has 1 aliphatic rings. The van der Waals surface area contributed by atoms with Crippen LogP contribution in [0, 0.1) is 0 Å². The number of hydrogen-bond acceptors (Lipinski definition) is 5. The molecule has 1 rings (SSSR count). The van der Waals surface area contributed by atoms with Crippen molar-refractivity contribution in [3.05, 3.63) is 0 Å². The van der Waals surface area contributed by atoms with E-state index in [4.69, 9.17) is 14.2 Å². The van der Waals surface area contributed by atoms with Gasteiger partial charge in [0, 0.05) is 20.2 Å². The maximum atomic E-state index is 12.7. The molecule has 160 valence electrons. The van der Waals surface area contributed by atoms with Crippen LogP contribution in [-0.2, 0) is 14.2 Å². The van der Waals surface area contributed by atoms with E-state index in [0.717, 1.165) is 6.54 Å². The van der Waals surface area contributed by atoms with E-state index in [1.807, 2.05) is 48.5 Å². The van der Waals surface area contributed by atoms with Crippen LogP contribution in [-0.4, -0.2) is 73.8 Å². The van der Waals surface area contributed by atoms with Crippen LogP contribution in [0.25, 0.3) is 0 Å². The lowest BCUT2D eigenvalue weighted by atomic mass is 10.1.